The quantitative estimate of drug-likeness (QED) is 0.356. The molecule has 0 N–H and O–H groups in total. The van der Waals surface area contributed by atoms with E-state index in [-0.39, 0.29) is 12.0 Å². The van der Waals surface area contributed by atoms with Gasteiger partial charge in [-0.25, -0.2) is 0 Å². The molecule has 4 atom stereocenters. The van der Waals surface area contributed by atoms with Gasteiger partial charge in [0.25, 0.3) is 0 Å². The van der Waals surface area contributed by atoms with Crippen LogP contribution >= 0.6 is 0 Å². The summed E-state index contributed by atoms with van der Waals surface area (Å²) in [5.41, 5.74) is 2.15. The van der Waals surface area contributed by atoms with Crippen LogP contribution in [0.5, 0.6) is 0 Å². The Balaban J connectivity index is 1.88. The number of hydrogen-bond acceptors (Lipinski definition) is 5. The second kappa shape index (κ2) is 5.13. The minimum Gasteiger partial charge on any atom is -0.468 e. The van der Waals surface area contributed by atoms with E-state index in [2.05, 4.69) is 11.0 Å². The lowest BCUT2D eigenvalue weighted by Gasteiger charge is -2.62. The van der Waals surface area contributed by atoms with Gasteiger partial charge in [0.15, 0.2) is 0 Å². The Bertz CT molecular complexity index is 889. The fourth-order valence-electron chi connectivity index (χ4n) is 6.15. The molecule has 0 unspecified atom stereocenters. The molecule has 26 heavy (non-hydrogen) atoms. The van der Waals surface area contributed by atoms with Crippen molar-refractivity contribution in [3.63, 3.8) is 0 Å². The van der Waals surface area contributed by atoms with Gasteiger partial charge < -0.3 is 9.53 Å². The molecule has 4 aliphatic rings. The normalized spacial score (nSPS) is 38.5. The molecule has 3 aliphatic heterocycles. The van der Waals surface area contributed by atoms with Crippen molar-refractivity contribution >= 4 is 23.7 Å². The number of carbonyl (C=O) groups is 2. The van der Waals surface area contributed by atoms with Gasteiger partial charge in [-0.15, -0.1) is 0 Å². The number of methoxy groups -OCH3 is 1. The highest BCUT2D eigenvalue weighted by Crippen LogP contribution is 2.65. The van der Waals surface area contributed by atoms with Crippen molar-refractivity contribution in [1.29, 1.82) is 0 Å². The van der Waals surface area contributed by atoms with Crippen LogP contribution in [0.25, 0.3) is 0 Å². The summed E-state index contributed by atoms with van der Waals surface area (Å²) in [5.74, 6) is -0.556. The SMILES string of the molecule is CC=C1CN2CC[C@@]34C(=Nc5ccccc53)[C@H]2C[C@H]1[C@@]4(C=O)C(=O)OC. The minimum absolute atomic E-state index is 0.135. The average Bonchev–Trinajstić information content (AvgIpc) is 3.04. The molecular formula is C21H22N2O3. The molecule has 1 aromatic carbocycles. The van der Waals surface area contributed by atoms with Crippen molar-refractivity contribution in [2.45, 2.75) is 31.2 Å². The molecule has 0 radical (unpaired) electrons. The highest BCUT2D eigenvalue weighted by atomic mass is 16.5. The zero-order valence-electron chi connectivity index (χ0n) is 15.1. The van der Waals surface area contributed by atoms with E-state index in [0.29, 0.717) is 0 Å². The van der Waals surface area contributed by atoms with Gasteiger partial charge in [0.2, 0.25) is 0 Å². The molecule has 134 valence electrons. The summed E-state index contributed by atoms with van der Waals surface area (Å²) < 4.78 is 5.27. The van der Waals surface area contributed by atoms with E-state index in [4.69, 9.17) is 9.73 Å². The fraction of sp³-hybridized carbons (Fsp3) is 0.476. The van der Waals surface area contributed by atoms with Crippen molar-refractivity contribution < 1.29 is 14.3 Å². The number of benzene rings is 1. The first-order valence-electron chi connectivity index (χ1n) is 9.26. The largest absolute Gasteiger partial charge is 0.468 e. The van der Waals surface area contributed by atoms with Gasteiger partial charge in [-0.1, -0.05) is 29.8 Å². The molecule has 2 saturated heterocycles. The molecule has 1 aromatic rings. The Morgan fingerprint density at radius 2 is 2.19 bits per heavy atom. The lowest BCUT2D eigenvalue weighted by molar-refractivity contribution is -0.166. The lowest BCUT2D eigenvalue weighted by atomic mass is 9.43. The standard InChI is InChI=1S/C21H22N2O3/c1-3-13-11-23-9-8-20-14-6-4-5-7-16(14)22-18(20)17(23)10-15(13)21(20,12-24)19(25)26-2/h3-7,12,15,17H,8-11H2,1-2H3/t15-,17-,20+,21+/m1/s1. The van der Waals surface area contributed by atoms with E-state index < -0.39 is 16.8 Å². The minimum atomic E-state index is -1.24. The molecule has 0 aromatic heterocycles. The number of hydrogen-bond donors (Lipinski definition) is 0. The molecule has 0 amide bonds. The predicted octanol–water partition coefficient (Wildman–Crippen LogP) is 2.42. The highest BCUT2D eigenvalue weighted by molar-refractivity contribution is 6.15. The monoisotopic (exact) mass is 350 g/mol. The number of piperidine rings is 2. The zero-order chi connectivity index (χ0) is 18.1. The van der Waals surface area contributed by atoms with Crippen LogP contribution in [0.15, 0.2) is 40.9 Å². The number of allylic oxidation sites excluding steroid dienone is 1. The van der Waals surface area contributed by atoms with Crippen molar-refractivity contribution in [2.75, 3.05) is 20.2 Å². The number of aliphatic imine (C=N–C) groups is 1. The summed E-state index contributed by atoms with van der Waals surface area (Å²) in [6.45, 7) is 3.65. The molecule has 1 saturated carbocycles. The second-order valence-corrected chi connectivity index (χ2v) is 7.79. The second-order valence-electron chi connectivity index (χ2n) is 7.79. The molecular weight excluding hydrogens is 328 g/mol. The summed E-state index contributed by atoms with van der Waals surface area (Å²) in [5, 5.41) is 0. The van der Waals surface area contributed by atoms with Crippen LogP contribution in [0, 0.1) is 11.3 Å². The van der Waals surface area contributed by atoms with E-state index in [1.54, 1.807) is 0 Å². The van der Waals surface area contributed by atoms with Gasteiger partial charge in [-0.2, -0.15) is 0 Å². The van der Waals surface area contributed by atoms with Gasteiger partial charge in [0.05, 0.1) is 24.3 Å². The Morgan fingerprint density at radius 1 is 1.38 bits per heavy atom. The van der Waals surface area contributed by atoms with E-state index in [1.165, 1.54) is 12.7 Å². The Labute approximate surface area is 152 Å². The van der Waals surface area contributed by atoms with Crippen LogP contribution in [0.4, 0.5) is 5.69 Å². The topological polar surface area (TPSA) is 59.0 Å². The average molecular weight is 350 g/mol. The van der Waals surface area contributed by atoms with Crippen LogP contribution in [-0.2, 0) is 19.7 Å². The van der Waals surface area contributed by atoms with Crippen molar-refractivity contribution in [3.05, 3.63) is 41.5 Å². The summed E-state index contributed by atoms with van der Waals surface area (Å²) >= 11 is 0. The molecule has 3 fully saturated rings. The third-order valence-corrected chi connectivity index (χ3v) is 7.20. The van der Waals surface area contributed by atoms with Crippen LogP contribution < -0.4 is 0 Å². The number of ether oxygens (including phenoxy) is 1. The number of rotatable bonds is 2. The number of aldehydes is 1. The number of carbonyl (C=O) groups excluding carboxylic acids is 2. The van der Waals surface area contributed by atoms with Gasteiger partial charge in [-0.3, -0.25) is 14.7 Å². The molecule has 1 aliphatic carbocycles. The maximum atomic E-state index is 13.3. The van der Waals surface area contributed by atoms with Crippen LogP contribution in [0.2, 0.25) is 0 Å². The number of esters is 1. The van der Waals surface area contributed by atoms with Crippen molar-refractivity contribution in [1.82, 2.24) is 4.90 Å². The summed E-state index contributed by atoms with van der Waals surface area (Å²) in [6.07, 6.45) is 4.45. The fourth-order valence-corrected chi connectivity index (χ4v) is 6.15. The first-order chi connectivity index (χ1) is 12.6. The van der Waals surface area contributed by atoms with Gasteiger partial charge in [-0.05, 0) is 31.4 Å². The molecule has 0 spiro atoms. The summed E-state index contributed by atoms with van der Waals surface area (Å²) in [7, 11) is 1.39. The number of para-hydroxylation sites is 1. The number of nitrogens with zero attached hydrogens (tertiary/aromatic N) is 2. The van der Waals surface area contributed by atoms with Crippen LogP contribution in [-0.4, -0.2) is 49.1 Å². The predicted molar refractivity (Wildman–Crippen MR) is 97.6 cm³/mol. The van der Waals surface area contributed by atoms with Gasteiger partial charge >= 0.3 is 5.97 Å². The Hall–Kier alpha value is -2.27. The van der Waals surface area contributed by atoms with Gasteiger partial charge in [0, 0.05) is 24.7 Å². The number of fused-ring (bicyclic) bond motifs is 2. The Kier molecular flexibility index (Phi) is 3.15. The van der Waals surface area contributed by atoms with E-state index in [1.807, 2.05) is 31.2 Å². The van der Waals surface area contributed by atoms with Gasteiger partial charge in [0.1, 0.15) is 11.7 Å². The molecule has 3 bridgehead atoms. The lowest BCUT2D eigenvalue weighted by Crippen LogP contribution is -2.74. The first-order valence-corrected chi connectivity index (χ1v) is 9.26. The summed E-state index contributed by atoms with van der Waals surface area (Å²) in [4.78, 5) is 33.5. The summed E-state index contributed by atoms with van der Waals surface area (Å²) in [6, 6.07) is 8.17. The highest BCUT2D eigenvalue weighted by Gasteiger charge is 2.73. The molecule has 5 nitrogen and oxygen atoms in total. The first kappa shape index (κ1) is 15.9. The van der Waals surface area contributed by atoms with E-state index >= 15 is 0 Å². The maximum Gasteiger partial charge on any atom is 0.321 e. The van der Waals surface area contributed by atoms with Crippen molar-refractivity contribution in [2.24, 2.45) is 16.3 Å². The Morgan fingerprint density at radius 3 is 2.92 bits per heavy atom. The molecule has 5 heteroatoms. The smallest absolute Gasteiger partial charge is 0.321 e. The third kappa shape index (κ3) is 1.51. The zero-order valence-corrected chi connectivity index (χ0v) is 15.1. The molecule has 5 rings (SSSR count). The van der Waals surface area contributed by atoms with Crippen molar-refractivity contribution in [3.8, 4) is 0 Å². The van der Waals surface area contributed by atoms with E-state index in [9.17, 15) is 9.59 Å². The third-order valence-electron chi connectivity index (χ3n) is 7.20. The molecule has 3 heterocycles. The van der Waals surface area contributed by atoms with E-state index in [0.717, 1.165) is 49.2 Å². The van der Waals surface area contributed by atoms with Crippen LogP contribution in [0.1, 0.15) is 25.3 Å². The maximum absolute atomic E-state index is 13.3. The van der Waals surface area contributed by atoms with Crippen LogP contribution in [0.3, 0.4) is 0 Å².